The summed E-state index contributed by atoms with van der Waals surface area (Å²) < 4.78 is 67.4. The second-order valence-corrected chi connectivity index (χ2v) is 6.94. The first-order valence-electron chi connectivity index (χ1n) is 7.89. The number of nitrogens with zero attached hydrogens (tertiary/aromatic N) is 2. The summed E-state index contributed by atoms with van der Waals surface area (Å²) in [6.45, 7) is 4.00. The van der Waals surface area contributed by atoms with Gasteiger partial charge in [-0.15, -0.1) is 11.3 Å². The SMILES string of the molecule is CCN1CCc2c(sc(NC(=O)c3c(F)c(F)c(F)c(F)c3F)c2C#N)C1. The Balaban J connectivity index is 1.99. The van der Waals surface area contributed by atoms with E-state index in [1.807, 2.05) is 13.0 Å². The molecule has 0 fully saturated rings. The minimum absolute atomic E-state index is 0.0226. The first-order chi connectivity index (χ1) is 12.8. The Kier molecular flexibility index (Phi) is 5.17. The molecule has 1 aliphatic heterocycles. The number of carbonyl (C=O) groups is 1. The number of thiophene rings is 1. The number of fused-ring (bicyclic) bond motifs is 1. The molecule has 0 spiro atoms. The predicted molar refractivity (Wildman–Crippen MR) is 87.9 cm³/mol. The first-order valence-corrected chi connectivity index (χ1v) is 8.71. The molecule has 3 rings (SSSR count). The van der Waals surface area contributed by atoms with Crippen LogP contribution in [-0.2, 0) is 13.0 Å². The molecule has 1 aromatic heterocycles. The van der Waals surface area contributed by atoms with Crippen molar-refractivity contribution in [3.8, 4) is 6.07 Å². The summed E-state index contributed by atoms with van der Waals surface area (Å²) in [6.07, 6.45) is 0.557. The fourth-order valence-corrected chi connectivity index (χ4v) is 4.14. The topological polar surface area (TPSA) is 56.1 Å². The van der Waals surface area contributed by atoms with Crippen LogP contribution in [0.1, 0.15) is 33.3 Å². The highest BCUT2D eigenvalue weighted by Gasteiger charge is 2.31. The average molecular weight is 401 g/mol. The van der Waals surface area contributed by atoms with Gasteiger partial charge in [-0.05, 0) is 18.5 Å². The summed E-state index contributed by atoms with van der Waals surface area (Å²) in [4.78, 5) is 15.1. The Morgan fingerprint density at radius 2 is 1.74 bits per heavy atom. The highest BCUT2D eigenvalue weighted by Crippen LogP contribution is 2.37. The molecule has 0 bridgehead atoms. The lowest BCUT2D eigenvalue weighted by Gasteiger charge is -2.24. The van der Waals surface area contributed by atoms with E-state index in [1.165, 1.54) is 0 Å². The number of likely N-dealkylation sites (N-methyl/N-ethyl adjacent to an activating group) is 1. The van der Waals surface area contributed by atoms with Gasteiger partial charge in [0.1, 0.15) is 16.6 Å². The molecule has 4 nitrogen and oxygen atoms in total. The molecule has 0 unspecified atom stereocenters. The van der Waals surface area contributed by atoms with E-state index in [2.05, 4.69) is 10.2 Å². The average Bonchev–Trinajstić information content (AvgIpc) is 3.00. The van der Waals surface area contributed by atoms with Gasteiger partial charge >= 0.3 is 0 Å². The number of nitrogens with one attached hydrogen (secondary N) is 1. The van der Waals surface area contributed by atoms with E-state index in [-0.39, 0.29) is 10.6 Å². The van der Waals surface area contributed by atoms with Crippen LogP contribution < -0.4 is 5.32 Å². The van der Waals surface area contributed by atoms with Crippen molar-refractivity contribution in [1.82, 2.24) is 4.90 Å². The third-order valence-electron chi connectivity index (χ3n) is 4.36. The number of rotatable bonds is 3. The molecule has 0 aliphatic carbocycles. The maximum absolute atomic E-state index is 13.8. The van der Waals surface area contributed by atoms with Crippen molar-refractivity contribution in [2.24, 2.45) is 0 Å². The van der Waals surface area contributed by atoms with Gasteiger partial charge in [-0.2, -0.15) is 5.26 Å². The number of hydrogen-bond acceptors (Lipinski definition) is 4. The third-order valence-corrected chi connectivity index (χ3v) is 5.49. The molecule has 0 saturated carbocycles. The third kappa shape index (κ3) is 3.17. The van der Waals surface area contributed by atoms with Gasteiger partial charge in [0.05, 0.1) is 5.56 Å². The van der Waals surface area contributed by atoms with Gasteiger partial charge in [-0.1, -0.05) is 6.92 Å². The van der Waals surface area contributed by atoms with Crippen LogP contribution in [0.3, 0.4) is 0 Å². The zero-order valence-electron chi connectivity index (χ0n) is 13.9. The maximum atomic E-state index is 13.8. The fourth-order valence-electron chi connectivity index (χ4n) is 2.90. The van der Waals surface area contributed by atoms with E-state index in [9.17, 15) is 32.0 Å². The quantitative estimate of drug-likeness (QED) is 0.482. The van der Waals surface area contributed by atoms with Crippen molar-refractivity contribution >= 4 is 22.2 Å². The molecule has 0 atom stereocenters. The summed E-state index contributed by atoms with van der Waals surface area (Å²) in [7, 11) is 0. The smallest absolute Gasteiger partial charge is 0.262 e. The highest BCUT2D eigenvalue weighted by atomic mass is 32.1. The molecular weight excluding hydrogens is 389 g/mol. The van der Waals surface area contributed by atoms with Gasteiger partial charge in [-0.3, -0.25) is 9.69 Å². The molecule has 2 heterocycles. The van der Waals surface area contributed by atoms with Crippen LogP contribution in [0.2, 0.25) is 0 Å². The van der Waals surface area contributed by atoms with Gasteiger partial charge in [-0.25, -0.2) is 22.0 Å². The minimum Gasteiger partial charge on any atom is -0.312 e. The zero-order valence-corrected chi connectivity index (χ0v) is 14.7. The molecule has 0 radical (unpaired) electrons. The number of nitriles is 1. The predicted octanol–water partition coefficient (Wildman–Crippen LogP) is 3.95. The van der Waals surface area contributed by atoms with E-state index < -0.39 is 40.6 Å². The standard InChI is InChI=1S/C17H12F5N3OS/c1-2-25-4-3-7-8(5-23)17(27-9(7)6-25)24-16(26)10-11(18)13(20)15(22)14(21)12(10)19/h2-4,6H2,1H3,(H,24,26). The van der Waals surface area contributed by atoms with Crippen molar-refractivity contribution in [3.63, 3.8) is 0 Å². The highest BCUT2D eigenvalue weighted by molar-refractivity contribution is 7.16. The van der Waals surface area contributed by atoms with Gasteiger partial charge in [0.15, 0.2) is 23.3 Å². The van der Waals surface area contributed by atoms with Crippen molar-refractivity contribution in [1.29, 1.82) is 5.26 Å². The first kappa shape index (κ1) is 19.3. The summed E-state index contributed by atoms with van der Waals surface area (Å²) in [5, 5.41) is 11.5. The molecule has 27 heavy (non-hydrogen) atoms. The van der Waals surface area contributed by atoms with Crippen molar-refractivity contribution in [3.05, 3.63) is 50.7 Å². The molecule has 1 amide bonds. The van der Waals surface area contributed by atoms with E-state index in [0.717, 1.165) is 28.3 Å². The fraction of sp³-hybridized carbons (Fsp3) is 0.294. The summed E-state index contributed by atoms with van der Waals surface area (Å²) in [6, 6.07) is 1.94. The number of benzene rings is 1. The van der Waals surface area contributed by atoms with E-state index in [4.69, 9.17) is 0 Å². The maximum Gasteiger partial charge on any atom is 0.262 e. The van der Waals surface area contributed by atoms with Crippen LogP contribution in [-0.4, -0.2) is 23.9 Å². The Morgan fingerprint density at radius 1 is 1.15 bits per heavy atom. The van der Waals surface area contributed by atoms with Crippen molar-refractivity contribution in [2.75, 3.05) is 18.4 Å². The summed E-state index contributed by atoms with van der Waals surface area (Å²) in [5.41, 5.74) is -0.722. The molecule has 10 heteroatoms. The summed E-state index contributed by atoms with van der Waals surface area (Å²) in [5.74, 6) is -12.7. The number of amides is 1. The molecule has 2 aromatic rings. The zero-order chi connectivity index (χ0) is 19.9. The van der Waals surface area contributed by atoms with E-state index in [0.29, 0.717) is 19.5 Å². The van der Waals surface area contributed by atoms with Gasteiger partial charge in [0, 0.05) is 18.0 Å². The Hall–Kier alpha value is -2.51. The minimum atomic E-state index is -2.34. The molecule has 142 valence electrons. The second-order valence-electron chi connectivity index (χ2n) is 5.84. The van der Waals surface area contributed by atoms with Gasteiger partial charge in [0.25, 0.3) is 5.91 Å². The Bertz CT molecular complexity index is 953. The number of halogens is 5. The number of anilines is 1. The summed E-state index contributed by atoms with van der Waals surface area (Å²) >= 11 is 1.05. The lowest BCUT2D eigenvalue weighted by atomic mass is 10.0. The molecule has 1 N–H and O–H groups in total. The van der Waals surface area contributed by atoms with Crippen LogP contribution in [0.5, 0.6) is 0 Å². The van der Waals surface area contributed by atoms with E-state index in [1.54, 1.807) is 0 Å². The molecular formula is C17H12F5N3OS. The lowest BCUT2D eigenvalue weighted by molar-refractivity contribution is 0.101. The van der Waals surface area contributed by atoms with Crippen molar-refractivity contribution < 1.29 is 26.7 Å². The number of carbonyl (C=O) groups excluding carboxylic acids is 1. The molecule has 1 aliphatic rings. The lowest BCUT2D eigenvalue weighted by Crippen LogP contribution is -2.29. The number of hydrogen-bond donors (Lipinski definition) is 1. The van der Waals surface area contributed by atoms with Crippen molar-refractivity contribution in [2.45, 2.75) is 19.9 Å². The van der Waals surface area contributed by atoms with E-state index >= 15 is 0 Å². The van der Waals surface area contributed by atoms with Crippen LogP contribution in [0.4, 0.5) is 27.0 Å². The van der Waals surface area contributed by atoms with Gasteiger partial charge in [0.2, 0.25) is 5.82 Å². The molecule has 0 saturated heterocycles. The van der Waals surface area contributed by atoms with Crippen LogP contribution in [0.15, 0.2) is 0 Å². The second kappa shape index (κ2) is 7.25. The Labute approximate surface area is 154 Å². The van der Waals surface area contributed by atoms with Gasteiger partial charge < -0.3 is 5.32 Å². The van der Waals surface area contributed by atoms with Crippen LogP contribution in [0, 0.1) is 40.4 Å². The normalized spacial score (nSPS) is 14.0. The van der Waals surface area contributed by atoms with Crippen LogP contribution in [0.25, 0.3) is 0 Å². The van der Waals surface area contributed by atoms with Crippen LogP contribution >= 0.6 is 11.3 Å². The largest absolute Gasteiger partial charge is 0.312 e. The molecule has 1 aromatic carbocycles. The Morgan fingerprint density at radius 3 is 2.30 bits per heavy atom. The monoisotopic (exact) mass is 401 g/mol.